The van der Waals surface area contributed by atoms with E-state index in [1.54, 1.807) is 42.9 Å². The van der Waals surface area contributed by atoms with Gasteiger partial charge in [0.15, 0.2) is 4.47 Å². The molecule has 1 aliphatic heterocycles. The molecular weight excluding hydrogens is 572 g/mol. The topological polar surface area (TPSA) is 94.5 Å². The van der Waals surface area contributed by atoms with E-state index in [0.29, 0.717) is 34.3 Å². The Balaban J connectivity index is 1.99. The van der Waals surface area contributed by atoms with Crippen molar-refractivity contribution in [2.24, 2.45) is 5.92 Å². The molecule has 42 heavy (non-hydrogen) atoms. The second kappa shape index (κ2) is 11.9. The van der Waals surface area contributed by atoms with Crippen LogP contribution in [-0.2, 0) is 14.9 Å². The van der Waals surface area contributed by atoms with E-state index in [-0.39, 0.29) is 23.2 Å². The SMILES string of the molecule is COc1cc(C(=O)N2[C@@H](c3cnc(Cl)s3)[C@@H](c3cnccn3)C[C@@]2(CC(C)C)C(=O)OC(C)(C)C)ccc1C(C)(C)C. The van der Waals surface area contributed by atoms with Gasteiger partial charge >= 0.3 is 5.97 Å². The molecule has 0 saturated carbocycles. The molecule has 0 bridgehead atoms. The van der Waals surface area contributed by atoms with Crippen LogP contribution in [0.1, 0.15) is 107 Å². The summed E-state index contributed by atoms with van der Waals surface area (Å²) in [6.45, 7) is 15.9. The van der Waals surface area contributed by atoms with Crippen molar-refractivity contribution >= 4 is 34.8 Å². The van der Waals surface area contributed by atoms with Gasteiger partial charge in [-0.2, -0.15) is 0 Å². The van der Waals surface area contributed by atoms with Gasteiger partial charge in [0.2, 0.25) is 0 Å². The van der Waals surface area contributed by atoms with Crippen molar-refractivity contribution in [1.82, 2.24) is 19.9 Å². The summed E-state index contributed by atoms with van der Waals surface area (Å²) in [7, 11) is 1.60. The summed E-state index contributed by atoms with van der Waals surface area (Å²) in [5.74, 6) is -0.427. The molecule has 3 aromatic rings. The number of carbonyl (C=O) groups excluding carboxylic acids is 2. The minimum atomic E-state index is -1.29. The van der Waals surface area contributed by atoms with Gasteiger partial charge in [0.25, 0.3) is 5.91 Å². The molecule has 4 rings (SSSR count). The Morgan fingerprint density at radius 1 is 1.12 bits per heavy atom. The van der Waals surface area contributed by atoms with Gasteiger partial charge in [0.1, 0.15) is 16.9 Å². The molecule has 226 valence electrons. The van der Waals surface area contributed by atoms with Crippen LogP contribution in [0.4, 0.5) is 0 Å². The number of rotatable bonds is 7. The predicted molar refractivity (Wildman–Crippen MR) is 165 cm³/mol. The summed E-state index contributed by atoms with van der Waals surface area (Å²) in [5, 5.41) is 0. The van der Waals surface area contributed by atoms with Crippen molar-refractivity contribution < 1.29 is 19.1 Å². The zero-order chi connectivity index (χ0) is 31.0. The summed E-state index contributed by atoms with van der Waals surface area (Å²) in [6.07, 6.45) is 7.32. The number of likely N-dealkylation sites (tertiary alicyclic amines) is 1. The molecule has 8 nitrogen and oxygen atoms in total. The van der Waals surface area contributed by atoms with Gasteiger partial charge in [-0.05, 0) is 62.6 Å². The van der Waals surface area contributed by atoms with Crippen LogP contribution in [0.25, 0.3) is 0 Å². The molecule has 0 N–H and O–H groups in total. The number of nitrogens with zero attached hydrogens (tertiary/aromatic N) is 4. The highest BCUT2D eigenvalue weighted by atomic mass is 35.5. The Bertz CT molecular complexity index is 1430. The lowest BCUT2D eigenvalue weighted by atomic mass is 9.82. The quantitative estimate of drug-likeness (QED) is 0.257. The van der Waals surface area contributed by atoms with Crippen LogP contribution in [0.5, 0.6) is 5.75 Å². The van der Waals surface area contributed by atoms with E-state index in [1.807, 2.05) is 46.8 Å². The van der Waals surface area contributed by atoms with Crippen molar-refractivity contribution in [1.29, 1.82) is 0 Å². The van der Waals surface area contributed by atoms with Gasteiger partial charge in [-0.3, -0.25) is 14.8 Å². The summed E-state index contributed by atoms with van der Waals surface area (Å²) >= 11 is 7.64. The van der Waals surface area contributed by atoms with Crippen LogP contribution in [0.2, 0.25) is 4.47 Å². The van der Waals surface area contributed by atoms with E-state index in [9.17, 15) is 9.59 Å². The fourth-order valence-corrected chi connectivity index (χ4v) is 7.03. The Hall–Kier alpha value is -3.04. The minimum absolute atomic E-state index is 0.0666. The molecule has 1 aliphatic rings. The zero-order valence-electron chi connectivity index (χ0n) is 25.9. The Morgan fingerprint density at radius 3 is 2.36 bits per heavy atom. The molecule has 1 fully saturated rings. The highest BCUT2D eigenvalue weighted by molar-refractivity contribution is 7.15. The van der Waals surface area contributed by atoms with Crippen molar-refractivity contribution in [3.63, 3.8) is 0 Å². The molecule has 1 aromatic carbocycles. The molecule has 0 unspecified atom stereocenters. The first-order valence-electron chi connectivity index (χ1n) is 14.2. The third kappa shape index (κ3) is 6.47. The maximum Gasteiger partial charge on any atom is 0.332 e. The van der Waals surface area contributed by atoms with Crippen molar-refractivity contribution in [3.05, 3.63) is 69.2 Å². The number of benzene rings is 1. The van der Waals surface area contributed by atoms with E-state index < -0.39 is 23.2 Å². The highest BCUT2D eigenvalue weighted by Gasteiger charge is 2.61. The number of carbonyl (C=O) groups is 2. The Kier molecular flexibility index (Phi) is 9.05. The molecule has 3 heterocycles. The monoisotopic (exact) mass is 612 g/mol. The van der Waals surface area contributed by atoms with Gasteiger partial charge in [-0.15, -0.1) is 11.3 Å². The van der Waals surface area contributed by atoms with Crippen LogP contribution < -0.4 is 4.74 Å². The van der Waals surface area contributed by atoms with Crippen molar-refractivity contribution in [3.8, 4) is 5.75 Å². The van der Waals surface area contributed by atoms with Crippen molar-refractivity contribution in [2.45, 2.75) is 96.7 Å². The van der Waals surface area contributed by atoms with Gasteiger partial charge in [-0.25, -0.2) is 9.78 Å². The first-order valence-corrected chi connectivity index (χ1v) is 15.4. The third-order valence-electron chi connectivity index (χ3n) is 7.43. The summed E-state index contributed by atoms with van der Waals surface area (Å²) in [6, 6.07) is 4.93. The minimum Gasteiger partial charge on any atom is -0.496 e. The lowest BCUT2D eigenvalue weighted by Crippen LogP contribution is -2.56. The van der Waals surface area contributed by atoms with E-state index in [1.165, 1.54) is 11.3 Å². The second-order valence-corrected chi connectivity index (χ2v) is 15.0. The number of aromatic nitrogens is 3. The highest BCUT2D eigenvalue weighted by Crippen LogP contribution is 2.56. The van der Waals surface area contributed by atoms with E-state index in [0.717, 1.165) is 10.4 Å². The zero-order valence-corrected chi connectivity index (χ0v) is 27.5. The van der Waals surface area contributed by atoms with Gasteiger partial charge < -0.3 is 14.4 Å². The van der Waals surface area contributed by atoms with E-state index in [2.05, 4.69) is 35.7 Å². The lowest BCUT2D eigenvalue weighted by molar-refractivity contribution is -0.168. The largest absolute Gasteiger partial charge is 0.496 e. The number of thiazole rings is 1. The summed E-state index contributed by atoms with van der Waals surface area (Å²) in [5.41, 5.74) is -0.181. The molecule has 2 aromatic heterocycles. The van der Waals surface area contributed by atoms with Gasteiger partial charge in [0.05, 0.1) is 18.8 Å². The molecule has 0 aliphatic carbocycles. The Morgan fingerprint density at radius 2 is 1.83 bits per heavy atom. The van der Waals surface area contributed by atoms with E-state index >= 15 is 0 Å². The van der Waals surface area contributed by atoms with Gasteiger partial charge in [0, 0.05) is 41.1 Å². The normalized spacial score (nSPS) is 21.1. The molecule has 10 heteroatoms. The molecule has 0 spiro atoms. The molecule has 3 atom stereocenters. The molecule has 1 amide bonds. The first-order chi connectivity index (χ1) is 19.6. The molecular formula is C32H41ClN4O4S. The fraction of sp³-hybridized carbons (Fsp3) is 0.531. The smallest absolute Gasteiger partial charge is 0.332 e. The van der Waals surface area contributed by atoms with Crippen LogP contribution in [0, 0.1) is 5.92 Å². The molecule has 0 radical (unpaired) electrons. The number of hydrogen-bond acceptors (Lipinski definition) is 8. The maximum absolute atomic E-state index is 14.9. The number of amides is 1. The maximum atomic E-state index is 14.9. The van der Waals surface area contributed by atoms with E-state index in [4.69, 9.17) is 21.1 Å². The van der Waals surface area contributed by atoms with Crippen molar-refractivity contribution in [2.75, 3.05) is 7.11 Å². The average molecular weight is 613 g/mol. The molecule has 1 saturated heterocycles. The fourth-order valence-electron chi connectivity index (χ4n) is 5.91. The lowest BCUT2D eigenvalue weighted by Gasteiger charge is -2.41. The number of esters is 1. The van der Waals surface area contributed by atoms with Crippen LogP contribution in [-0.4, -0.2) is 50.0 Å². The van der Waals surface area contributed by atoms with Gasteiger partial charge in [-0.1, -0.05) is 52.3 Å². The standard InChI is InChI=1S/C32H41ClN4O4S/c1-19(2)15-32(28(39)41-31(6,7)8)16-21(23-17-34-12-13-35-23)26(25-18-36-29(33)42-25)37(32)27(38)20-10-11-22(30(3,4)5)24(14-20)40-9/h10-14,17-19,21,26H,15-16H2,1-9H3/t21-,26-,32+/m1/s1. The Labute approximate surface area is 257 Å². The van der Waals surface area contributed by atoms with Crippen LogP contribution >= 0.6 is 22.9 Å². The summed E-state index contributed by atoms with van der Waals surface area (Å²) < 4.78 is 12.2. The second-order valence-electron chi connectivity index (χ2n) is 13.4. The number of halogens is 1. The van der Waals surface area contributed by atoms with Crippen LogP contribution in [0.15, 0.2) is 43.0 Å². The number of methoxy groups -OCH3 is 1. The average Bonchev–Trinajstić information content (AvgIpc) is 3.48. The number of hydrogen-bond donors (Lipinski definition) is 0. The number of ether oxygens (including phenoxy) is 2. The predicted octanol–water partition coefficient (Wildman–Crippen LogP) is 7.39. The van der Waals surface area contributed by atoms with Crippen LogP contribution in [0.3, 0.4) is 0 Å². The summed E-state index contributed by atoms with van der Waals surface area (Å²) in [4.78, 5) is 45.0. The third-order valence-corrected chi connectivity index (χ3v) is 8.61. The first kappa shape index (κ1) is 31.9.